The topological polar surface area (TPSA) is 53.3 Å². The Morgan fingerprint density at radius 1 is 1.32 bits per heavy atom. The van der Waals surface area contributed by atoms with E-state index in [1.165, 1.54) is 12.1 Å². The Bertz CT molecular complexity index is 750. The second kappa shape index (κ2) is 7.72. The summed E-state index contributed by atoms with van der Waals surface area (Å²) in [5.41, 5.74) is -0.912. The van der Waals surface area contributed by atoms with E-state index >= 15 is 0 Å². The number of hydrogen-bond acceptors (Lipinski definition) is 4. The highest BCUT2D eigenvalue weighted by atomic mass is 19.4. The van der Waals surface area contributed by atoms with Crippen molar-refractivity contribution in [2.45, 2.75) is 58.6 Å². The molecule has 0 aliphatic carbocycles. The molecule has 1 heterocycles. The third-order valence-electron chi connectivity index (χ3n) is 5.28. The van der Waals surface area contributed by atoms with Crippen LogP contribution in [0.1, 0.15) is 51.8 Å². The number of halogens is 3. The standard InChI is InChI=1S/C20H27F3N3O2/c1-6-26(18(27)28-19(3,4)5)12-11-25(14(26)2)17(13-24)15-7-9-16(10-8-15)20(21,22)23/h7-10,14,17H,6,11-12H2,1-5H3/q+1/t14-,17?,26?/m1/s1. The maximum Gasteiger partial charge on any atom is 0.517 e. The fourth-order valence-electron chi connectivity index (χ4n) is 3.64. The molecule has 2 rings (SSSR count). The zero-order valence-electron chi connectivity index (χ0n) is 16.9. The molecule has 0 spiro atoms. The fourth-order valence-corrected chi connectivity index (χ4v) is 3.64. The highest BCUT2D eigenvalue weighted by Gasteiger charge is 2.53. The third kappa shape index (κ3) is 4.31. The summed E-state index contributed by atoms with van der Waals surface area (Å²) in [6.45, 7) is 10.6. The minimum absolute atomic E-state index is 0.0517. The highest BCUT2D eigenvalue weighted by molar-refractivity contribution is 5.60. The number of carbonyl (C=O) groups is 1. The second-order valence-corrected chi connectivity index (χ2v) is 8.08. The zero-order chi connectivity index (χ0) is 21.3. The Labute approximate surface area is 163 Å². The highest BCUT2D eigenvalue weighted by Crippen LogP contribution is 2.35. The smallest absolute Gasteiger partial charge is 0.414 e. The van der Waals surface area contributed by atoms with Gasteiger partial charge in [0.15, 0.2) is 6.17 Å². The van der Waals surface area contributed by atoms with Crippen LogP contribution in [-0.2, 0) is 10.9 Å². The van der Waals surface area contributed by atoms with Crippen LogP contribution in [0.15, 0.2) is 24.3 Å². The lowest BCUT2D eigenvalue weighted by molar-refractivity contribution is -0.873. The average Bonchev–Trinajstić information content (AvgIpc) is 2.92. The molecule has 0 bridgehead atoms. The summed E-state index contributed by atoms with van der Waals surface area (Å²) in [6, 6.07) is 6.06. The van der Waals surface area contributed by atoms with Crippen LogP contribution in [0.3, 0.4) is 0 Å². The van der Waals surface area contributed by atoms with Crippen LogP contribution in [0.2, 0.25) is 0 Å². The Hall–Kier alpha value is -2.11. The van der Waals surface area contributed by atoms with Crippen molar-refractivity contribution in [1.82, 2.24) is 4.90 Å². The Morgan fingerprint density at radius 3 is 2.32 bits per heavy atom. The van der Waals surface area contributed by atoms with Gasteiger partial charge in [0.05, 0.1) is 24.7 Å². The average molecular weight is 398 g/mol. The van der Waals surface area contributed by atoms with Gasteiger partial charge in [0.2, 0.25) is 0 Å². The molecule has 1 saturated heterocycles. The molecule has 1 aliphatic rings. The van der Waals surface area contributed by atoms with E-state index in [-0.39, 0.29) is 16.7 Å². The number of nitriles is 1. The first-order valence-corrected chi connectivity index (χ1v) is 9.28. The monoisotopic (exact) mass is 398 g/mol. The minimum Gasteiger partial charge on any atom is -0.414 e. The summed E-state index contributed by atoms with van der Waals surface area (Å²) in [6.07, 6.45) is -5.12. The molecular formula is C20H27F3N3O2+. The van der Waals surface area contributed by atoms with Crippen LogP contribution in [0.4, 0.5) is 18.0 Å². The van der Waals surface area contributed by atoms with Crippen molar-refractivity contribution < 1.29 is 27.2 Å². The van der Waals surface area contributed by atoms with Gasteiger partial charge in [-0.1, -0.05) is 12.1 Å². The van der Waals surface area contributed by atoms with E-state index < -0.39 is 23.4 Å². The zero-order valence-corrected chi connectivity index (χ0v) is 16.9. The van der Waals surface area contributed by atoms with E-state index in [9.17, 15) is 23.2 Å². The summed E-state index contributed by atoms with van der Waals surface area (Å²) in [5.74, 6) is 0. The van der Waals surface area contributed by atoms with E-state index in [1.54, 1.807) is 20.8 Å². The first-order chi connectivity index (χ1) is 12.9. The fraction of sp³-hybridized carbons (Fsp3) is 0.600. The maximum absolute atomic E-state index is 12.9. The van der Waals surface area contributed by atoms with Gasteiger partial charge in [-0.2, -0.15) is 23.2 Å². The third-order valence-corrected chi connectivity index (χ3v) is 5.28. The SMILES string of the molecule is CC[N+]1(C(=O)OC(C)(C)C)CCN(C(C#N)c2ccc(C(F)(F)F)cc2)[C@H]1C. The van der Waals surface area contributed by atoms with Crippen LogP contribution >= 0.6 is 0 Å². The molecule has 5 nitrogen and oxygen atoms in total. The lowest BCUT2D eigenvalue weighted by Crippen LogP contribution is -2.59. The first kappa shape index (κ1) is 22.2. The summed E-state index contributed by atoms with van der Waals surface area (Å²) in [4.78, 5) is 14.7. The van der Waals surface area contributed by atoms with Gasteiger partial charge in [-0.25, -0.2) is 9.38 Å². The predicted octanol–water partition coefficient (Wildman–Crippen LogP) is 4.70. The van der Waals surface area contributed by atoms with Crippen molar-refractivity contribution >= 4 is 6.09 Å². The number of likely N-dealkylation sites (N-methyl/N-ethyl adjacent to an activating group) is 1. The number of nitrogens with zero attached hydrogens (tertiary/aromatic N) is 3. The van der Waals surface area contributed by atoms with E-state index in [0.717, 1.165) is 12.1 Å². The van der Waals surface area contributed by atoms with Crippen molar-refractivity contribution in [3.63, 3.8) is 0 Å². The number of ether oxygens (including phenoxy) is 1. The molecule has 8 heteroatoms. The molecule has 0 N–H and O–H groups in total. The quantitative estimate of drug-likeness (QED) is 0.693. The number of amides is 1. The van der Waals surface area contributed by atoms with Gasteiger partial charge in [0.1, 0.15) is 18.2 Å². The minimum atomic E-state index is -4.42. The van der Waals surface area contributed by atoms with Crippen LogP contribution < -0.4 is 0 Å². The Kier molecular flexibility index (Phi) is 6.12. The molecule has 1 aromatic carbocycles. The van der Waals surface area contributed by atoms with Crippen molar-refractivity contribution in [3.8, 4) is 6.07 Å². The van der Waals surface area contributed by atoms with Gasteiger partial charge in [0.25, 0.3) is 0 Å². The molecule has 3 atom stereocenters. The maximum atomic E-state index is 12.9. The number of alkyl halides is 3. The first-order valence-electron chi connectivity index (χ1n) is 9.28. The van der Waals surface area contributed by atoms with Gasteiger partial charge >= 0.3 is 12.3 Å². The van der Waals surface area contributed by atoms with E-state index in [4.69, 9.17) is 4.74 Å². The molecule has 0 aromatic heterocycles. The van der Waals surface area contributed by atoms with Crippen molar-refractivity contribution in [2.75, 3.05) is 19.6 Å². The van der Waals surface area contributed by atoms with Gasteiger partial charge < -0.3 is 4.74 Å². The molecule has 1 fully saturated rings. The summed E-state index contributed by atoms with van der Waals surface area (Å²) in [7, 11) is 0. The predicted molar refractivity (Wildman–Crippen MR) is 97.9 cm³/mol. The lowest BCUT2D eigenvalue weighted by atomic mass is 10.0. The Morgan fingerprint density at radius 2 is 1.89 bits per heavy atom. The summed E-state index contributed by atoms with van der Waals surface area (Å²) >= 11 is 0. The van der Waals surface area contributed by atoms with Crippen LogP contribution in [-0.4, -0.2) is 46.9 Å². The molecule has 0 radical (unpaired) electrons. The van der Waals surface area contributed by atoms with Crippen LogP contribution in [0.5, 0.6) is 0 Å². The van der Waals surface area contributed by atoms with Gasteiger partial charge in [-0.3, -0.25) is 0 Å². The molecule has 28 heavy (non-hydrogen) atoms. The van der Waals surface area contributed by atoms with E-state index in [2.05, 4.69) is 6.07 Å². The van der Waals surface area contributed by atoms with Crippen molar-refractivity contribution in [1.29, 1.82) is 5.26 Å². The molecule has 1 aliphatic heterocycles. The number of benzene rings is 1. The number of quaternary nitrogens is 1. The molecule has 154 valence electrons. The van der Waals surface area contributed by atoms with Crippen molar-refractivity contribution in [2.24, 2.45) is 0 Å². The van der Waals surface area contributed by atoms with Gasteiger partial charge in [-0.05, 0) is 45.4 Å². The summed E-state index contributed by atoms with van der Waals surface area (Å²) in [5, 5.41) is 9.72. The van der Waals surface area contributed by atoms with Gasteiger partial charge in [0, 0.05) is 6.92 Å². The van der Waals surface area contributed by atoms with E-state index in [1.807, 2.05) is 18.7 Å². The Balaban J connectivity index is 2.29. The molecular weight excluding hydrogens is 371 g/mol. The molecule has 1 amide bonds. The molecule has 2 unspecified atom stereocenters. The normalized spacial score (nSPS) is 24.6. The van der Waals surface area contributed by atoms with E-state index in [0.29, 0.717) is 25.2 Å². The van der Waals surface area contributed by atoms with Gasteiger partial charge in [-0.15, -0.1) is 0 Å². The number of rotatable bonds is 3. The molecule has 1 aromatic rings. The second-order valence-electron chi connectivity index (χ2n) is 8.08. The van der Waals surface area contributed by atoms with Crippen LogP contribution in [0, 0.1) is 11.3 Å². The van der Waals surface area contributed by atoms with Crippen LogP contribution in [0.25, 0.3) is 0 Å². The number of carbonyl (C=O) groups excluding carboxylic acids is 1. The number of hydrogen-bond donors (Lipinski definition) is 0. The lowest BCUT2D eigenvalue weighted by Gasteiger charge is -2.37. The summed E-state index contributed by atoms with van der Waals surface area (Å²) < 4.78 is 44.1. The molecule has 0 saturated carbocycles. The largest absolute Gasteiger partial charge is 0.517 e. The van der Waals surface area contributed by atoms with Crippen molar-refractivity contribution in [3.05, 3.63) is 35.4 Å².